The topological polar surface area (TPSA) is 29.5 Å². The third kappa shape index (κ3) is 3.75. The van der Waals surface area contributed by atoms with Crippen LogP contribution in [-0.4, -0.2) is 11.7 Å². The number of benzene rings is 2. The highest BCUT2D eigenvalue weighted by molar-refractivity contribution is 5.30. The number of rotatable bonds is 5. The van der Waals surface area contributed by atoms with E-state index in [9.17, 15) is 5.11 Å². The molecular formula is C17H20O2. The molecule has 19 heavy (non-hydrogen) atoms. The van der Waals surface area contributed by atoms with Gasteiger partial charge < -0.3 is 9.84 Å². The van der Waals surface area contributed by atoms with Crippen molar-refractivity contribution in [2.45, 2.75) is 25.7 Å². The molecule has 0 radical (unpaired) electrons. The molecule has 2 heteroatoms. The van der Waals surface area contributed by atoms with Gasteiger partial charge in [-0.2, -0.15) is 0 Å². The standard InChI is InChI=1S/C17H20O2/c1-17(2,14-6-4-3-5-7-14)12-13-19-16-10-8-15(18)9-11-16/h3-11,18H,12-13H2,1-2H3. The normalized spacial score (nSPS) is 11.3. The molecule has 2 aromatic carbocycles. The van der Waals surface area contributed by atoms with Crippen molar-refractivity contribution < 1.29 is 9.84 Å². The van der Waals surface area contributed by atoms with Gasteiger partial charge in [-0.15, -0.1) is 0 Å². The van der Waals surface area contributed by atoms with Crippen LogP contribution in [0.15, 0.2) is 54.6 Å². The van der Waals surface area contributed by atoms with E-state index in [1.807, 2.05) is 6.07 Å². The Morgan fingerprint density at radius 3 is 2.21 bits per heavy atom. The second kappa shape index (κ2) is 5.79. The van der Waals surface area contributed by atoms with Gasteiger partial charge in [-0.1, -0.05) is 44.2 Å². The molecule has 0 spiro atoms. The summed E-state index contributed by atoms with van der Waals surface area (Å²) >= 11 is 0. The Kier molecular flexibility index (Phi) is 4.10. The zero-order valence-electron chi connectivity index (χ0n) is 11.5. The Balaban J connectivity index is 1.90. The SMILES string of the molecule is CC(C)(CCOc1ccc(O)cc1)c1ccccc1. The van der Waals surface area contributed by atoms with E-state index >= 15 is 0 Å². The van der Waals surface area contributed by atoms with Crippen molar-refractivity contribution in [3.05, 3.63) is 60.2 Å². The number of ether oxygens (including phenoxy) is 1. The molecule has 0 aliphatic carbocycles. The molecule has 0 saturated carbocycles. The monoisotopic (exact) mass is 256 g/mol. The van der Waals surface area contributed by atoms with Gasteiger partial charge in [0.15, 0.2) is 0 Å². The maximum absolute atomic E-state index is 9.20. The van der Waals surface area contributed by atoms with Crippen LogP contribution in [0, 0.1) is 0 Å². The average molecular weight is 256 g/mol. The van der Waals surface area contributed by atoms with E-state index in [1.165, 1.54) is 5.56 Å². The van der Waals surface area contributed by atoms with E-state index in [4.69, 9.17) is 4.74 Å². The van der Waals surface area contributed by atoms with Crippen molar-refractivity contribution in [3.8, 4) is 11.5 Å². The summed E-state index contributed by atoms with van der Waals surface area (Å²) in [7, 11) is 0. The first kappa shape index (κ1) is 13.5. The smallest absolute Gasteiger partial charge is 0.119 e. The number of phenols is 1. The summed E-state index contributed by atoms with van der Waals surface area (Å²) in [5, 5.41) is 9.20. The van der Waals surface area contributed by atoms with Crippen LogP contribution in [-0.2, 0) is 5.41 Å². The van der Waals surface area contributed by atoms with E-state index in [1.54, 1.807) is 24.3 Å². The van der Waals surface area contributed by atoms with Crippen molar-refractivity contribution in [2.24, 2.45) is 0 Å². The van der Waals surface area contributed by atoms with E-state index in [0.717, 1.165) is 12.2 Å². The summed E-state index contributed by atoms with van der Waals surface area (Å²) in [4.78, 5) is 0. The fourth-order valence-corrected chi connectivity index (χ4v) is 2.00. The van der Waals surface area contributed by atoms with Crippen LogP contribution in [0.1, 0.15) is 25.8 Å². The number of hydrogen-bond donors (Lipinski definition) is 1. The molecule has 2 aromatic rings. The molecule has 0 bridgehead atoms. The molecular weight excluding hydrogens is 236 g/mol. The van der Waals surface area contributed by atoms with Crippen LogP contribution >= 0.6 is 0 Å². The summed E-state index contributed by atoms with van der Waals surface area (Å²) < 4.78 is 5.71. The van der Waals surface area contributed by atoms with Gasteiger partial charge in [-0.3, -0.25) is 0 Å². The van der Waals surface area contributed by atoms with Crippen LogP contribution in [0.2, 0.25) is 0 Å². The minimum atomic E-state index is 0.0954. The Bertz CT molecular complexity index is 501. The molecule has 100 valence electrons. The highest BCUT2D eigenvalue weighted by Crippen LogP contribution is 2.27. The summed E-state index contributed by atoms with van der Waals surface area (Å²) in [6.07, 6.45) is 0.942. The van der Waals surface area contributed by atoms with Gasteiger partial charge in [0.05, 0.1) is 6.61 Å². The van der Waals surface area contributed by atoms with Crippen LogP contribution in [0.4, 0.5) is 0 Å². The van der Waals surface area contributed by atoms with Crippen LogP contribution in [0.5, 0.6) is 11.5 Å². The van der Waals surface area contributed by atoms with Gasteiger partial charge in [0.1, 0.15) is 11.5 Å². The molecule has 0 aromatic heterocycles. The van der Waals surface area contributed by atoms with Gasteiger partial charge in [0.2, 0.25) is 0 Å². The van der Waals surface area contributed by atoms with E-state index in [0.29, 0.717) is 6.61 Å². The fourth-order valence-electron chi connectivity index (χ4n) is 2.00. The minimum Gasteiger partial charge on any atom is -0.508 e. The lowest BCUT2D eigenvalue weighted by molar-refractivity contribution is 0.272. The first-order chi connectivity index (χ1) is 9.08. The lowest BCUT2D eigenvalue weighted by Crippen LogP contribution is -2.20. The summed E-state index contributed by atoms with van der Waals surface area (Å²) in [6, 6.07) is 17.3. The molecule has 0 fully saturated rings. The maximum atomic E-state index is 9.20. The van der Waals surface area contributed by atoms with Crippen molar-refractivity contribution in [2.75, 3.05) is 6.61 Å². The predicted octanol–water partition coefficient (Wildman–Crippen LogP) is 4.14. The van der Waals surface area contributed by atoms with E-state index in [2.05, 4.69) is 38.1 Å². The van der Waals surface area contributed by atoms with Crippen molar-refractivity contribution in [1.29, 1.82) is 0 Å². The van der Waals surface area contributed by atoms with Crippen LogP contribution in [0.25, 0.3) is 0 Å². The van der Waals surface area contributed by atoms with Crippen LogP contribution < -0.4 is 4.74 Å². The third-order valence-corrected chi connectivity index (χ3v) is 3.39. The molecule has 0 aliphatic rings. The van der Waals surface area contributed by atoms with Crippen molar-refractivity contribution >= 4 is 0 Å². The largest absolute Gasteiger partial charge is 0.508 e. The zero-order valence-corrected chi connectivity index (χ0v) is 11.5. The number of hydrogen-bond acceptors (Lipinski definition) is 2. The minimum absolute atomic E-state index is 0.0954. The van der Waals surface area contributed by atoms with E-state index < -0.39 is 0 Å². The van der Waals surface area contributed by atoms with Gasteiger partial charge >= 0.3 is 0 Å². The second-order valence-electron chi connectivity index (χ2n) is 5.34. The summed E-state index contributed by atoms with van der Waals surface area (Å²) in [6.45, 7) is 5.11. The molecule has 1 N–H and O–H groups in total. The quantitative estimate of drug-likeness (QED) is 0.871. The van der Waals surface area contributed by atoms with Gasteiger partial charge in [0, 0.05) is 0 Å². The number of aromatic hydroxyl groups is 1. The second-order valence-corrected chi connectivity index (χ2v) is 5.34. The Morgan fingerprint density at radius 1 is 0.947 bits per heavy atom. The molecule has 0 aliphatic heterocycles. The van der Waals surface area contributed by atoms with Gasteiger partial charge in [0.25, 0.3) is 0 Å². The third-order valence-electron chi connectivity index (χ3n) is 3.39. The number of phenolic OH excluding ortho intramolecular Hbond substituents is 1. The summed E-state index contributed by atoms with van der Waals surface area (Å²) in [5.41, 5.74) is 1.42. The Morgan fingerprint density at radius 2 is 1.58 bits per heavy atom. The fraction of sp³-hybridized carbons (Fsp3) is 0.294. The first-order valence-corrected chi connectivity index (χ1v) is 6.55. The van der Waals surface area contributed by atoms with E-state index in [-0.39, 0.29) is 11.2 Å². The zero-order chi connectivity index (χ0) is 13.7. The Labute approximate surface area is 114 Å². The predicted molar refractivity (Wildman–Crippen MR) is 77.7 cm³/mol. The highest BCUT2D eigenvalue weighted by Gasteiger charge is 2.19. The van der Waals surface area contributed by atoms with Crippen LogP contribution in [0.3, 0.4) is 0 Å². The Hall–Kier alpha value is -1.96. The lowest BCUT2D eigenvalue weighted by atomic mass is 9.82. The summed E-state index contributed by atoms with van der Waals surface area (Å²) in [5.74, 6) is 1.05. The molecule has 0 saturated heterocycles. The van der Waals surface area contributed by atoms with Gasteiger partial charge in [-0.05, 0) is 41.7 Å². The molecule has 0 amide bonds. The van der Waals surface area contributed by atoms with Gasteiger partial charge in [-0.25, -0.2) is 0 Å². The lowest BCUT2D eigenvalue weighted by Gasteiger charge is -2.25. The molecule has 0 atom stereocenters. The first-order valence-electron chi connectivity index (χ1n) is 6.55. The molecule has 2 nitrogen and oxygen atoms in total. The average Bonchev–Trinajstić information content (AvgIpc) is 2.42. The molecule has 0 unspecified atom stereocenters. The molecule has 0 heterocycles. The van der Waals surface area contributed by atoms with Crippen molar-refractivity contribution in [1.82, 2.24) is 0 Å². The van der Waals surface area contributed by atoms with Crippen molar-refractivity contribution in [3.63, 3.8) is 0 Å². The maximum Gasteiger partial charge on any atom is 0.119 e. The molecule has 2 rings (SSSR count). The highest BCUT2D eigenvalue weighted by atomic mass is 16.5.